The molecule has 126 valence electrons. The van der Waals surface area contributed by atoms with E-state index >= 15 is 0 Å². The Kier molecular flexibility index (Phi) is 4.24. The molecule has 0 aliphatic heterocycles. The number of carbonyl (C=O) groups is 1. The van der Waals surface area contributed by atoms with Crippen molar-refractivity contribution < 1.29 is 4.79 Å². The number of aromatic amines is 1. The second kappa shape index (κ2) is 6.54. The highest BCUT2D eigenvalue weighted by Crippen LogP contribution is 2.45. The summed E-state index contributed by atoms with van der Waals surface area (Å²) in [5, 5.41) is 11.7. The first-order valence-corrected chi connectivity index (χ1v) is 8.78. The topological polar surface area (TPSA) is 57.8 Å². The monoisotopic (exact) mass is 371 g/mol. The van der Waals surface area contributed by atoms with Gasteiger partial charge in [-0.2, -0.15) is 5.10 Å². The zero-order valence-electron chi connectivity index (χ0n) is 13.2. The van der Waals surface area contributed by atoms with Crippen molar-refractivity contribution in [2.45, 2.75) is 18.8 Å². The normalized spacial score (nSPS) is 13.7. The molecule has 4 rings (SSSR count). The third kappa shape index (κ3) is 3.41. The summed E-state index contributed by atoms with van der Waals surface area (Å²) in [6.07, 6.45) is 2.19. The third-order valence-electron chi connectivity index (χ3n) is 4.20. The molecule has 1 saturated carbocycles. The van der Waals surface area contributed by atoms with Crippen LogP contribution in [0.3, 0.4) is 0 Å². The maximum absolute atomic E-state index is 12.7. The van der Waals surface area contributed by atoms with Gasteiger partial charge in [0, 0.05) is 27.1 Å². The van der Waals surface area contributed by atoms with E-state index in [1.807, 2.05) is 24.3 Å². The molecule has 6 heteroatoms. The number of carbonyl (C=O) groups excluding carboxylic acids is 1. The Morgan fingerprint density at radius 1 is 1.08 bits per heavy atom. The molecule has 0 spiro atoms. The number of hydrogen-bond acceptors (Lipinski definition) is 2. The summed E-state index contributed by atoms with van der Waals surface area (Å²) in [4.78, 5) is 12.7. The van der Waals surface area contributed by atoms with Crippen molar-refractivity contribution >= 4 is 34.8 Å². The number of anilines is 1. The van der Waals surface area contributed by atoms with Crippen molar-refractivity contribution in [2.75, 3.05) is 5.32 Å². The minimum atomic E-state index is -0.214. The number of benzene rings is 2. The van der Waals surface area contributed by atoms with Gasteiger partial charge in [-0.15, -0.1) is 0 Å². The molecule has 1 heterocycles. The van der Waals surface area contributed by atoms with Crippen molar-refractivity contribution in [3.8, 4) is 11.3 Å². The molecule has 0 atom stereocenters. The van der Waals surface area contributed by atoms with Crippen LogP contribution in [0, 0.1) is 0 Å². The minimum absolute atomic E-state index is 0.214. The third-order valence-corrected chi connectivity index (χ3v) is 4.67. The molecule has 0 radical (unpaired) electrons. The molecule has 1 fully saturated rings. The number of halogens is 2. The van der Waals surface area contributed by atoms with Crippen LogP contribution in [0.25, 0.3) is 11.3 Å². The summed E-state index contributed by atoms with van der Waals surface area (Å²) in [5.41, 5.74) is 3.74. The molecule has 1 aliphatic rings. The molecular weight excluding hydrogens is 357 g/mol. The molecule has 0 unspecified atom stereocenters. The lowest BCUT2D eigenvalue weighted by Gasteiger charge is -2.09. The van der Waals surface area contributed by atoms with Crippen LogP contribution >= 0.6 is 23.2 Å². The van der Waals surface area contributed by atoms with Gasteiger partial charge in [-0.1, -0.05) is 41.4 Å². The summed E-state index contributed by atoms with van der Waals surface area (Å²) < 4.78 is 0. The predicted molar refractivity (Wildman–Crippen MR) is 100 cm³/mol. The SMILES string of the molecule is O=C(Nc1c(-c2cccc(Cl)c2)n[nH]c1C1CC1)c1cccc(Cl)c1. The van der Waals surface area contributed by atoms with Crippen LogP contribution in [-0.4, -0.2) is 16.1 Å². The molecular formula is C19H15Cl2N3O. The second-order valence-electron chi connectivity index (χ2n) is 6.11. The van der Waals surface area contributed by atoms with Crippen molar-refractivity contribution in [3.63, 3.8) is 0 Å². The summed E-state index contributed by atoms with van der Waals surface area (Å²) in [6.45, 7) is 0. The number of aromatic nitrogens is 2. The fourth-order valence-corrected chi connectivity index (χ4v) is 3.19. The smallest absolute Gasteiger partial charge is 0.255 e. The second-order valence-corrected chi connectivity index (χ2v) is 6.98. The summed E-state index contributed by atoms with van der Waals surface area (Å²) >= 11 is 12.1. The van der Waals surface area contributed by atoms with Crippen molar-refractivity contribution in [1.82, 2.24) is 10.2 Å². The minimum Gasteiger partial charge on any atom is -0.319 e. The van der Waals surface area contributed by atoms with E-state index in [4.69, 9.17) is 23.2 Å². The van der Waals surface area contributed by atoms with Gasteiger partial charge in [0.1, 0.15) is 5.69 Å². The molecule has 2 N–H and O–H groups in total. The van der Waals surface area contributed by atoms with E-state index in [2.05, 4.69) is 15.5 Å². The number of nitrogens with one attached hydrogen (secondary N) is 2. The largest absolute Gasteiger partial charge is 0.319 e. The van der Waals surface area contributed by atoms with Crippen molar-refractivity contribution in [3.05, 3.63) is 69.8 Å². The van der Waals surface area contributed by atoms with E-state index in [1.165, 1.54) is 0 Å². The van der Waals surface area contributed by atoms with E-state index in [1.54, 1.807) is 24.3 Å². The molecule has 1 aliphatic carbocycles. The zero-order chi connectivity index (χ0) is 17.4. The standard InChI is InChI=1S/C19H15Cl2N3O/c20-14-5-1-3-12(9-14)17-18(16(23-24-17)11-7-8-11)22-19(25)13-4-2-6-15(21)10-13/h1-6,9-11H,7-8H2,(H,22,25)(H,23,24). The van der Waals surface area contributed by atoms with Crippen molar-refractivity contribution in [2.24, 2.45) is 0 Å². The van der Waals surface area contributed by atoms with Gasteiger partial charge in [0.2, 0.25) is 0 Å². The van der Waals surface area contributed by atoms with Crippen LogP contribution in [-0.2, 0) is 0 Å². The maximum Gasteiger partial charge on any atom is 0.255 e. The number of nitrogens with zero attached hydrogens (tertiary/aromatic N) is 1. The number of H-pyrrole nitrogens is 1. The Bertz CT molecular complexity index is 947. The highest BCUT2D eigenvalue weighted by molar-refractivity contribution is 6.31. The molecule has 25 heavy (non-hydrogen) atoms. The summed E-state index contributed by atoms with van der Waals surface area (Å²) in [7, 11) is 0. The highest BCUT2D eigenvalue weighted by Gasteiger charge is 2.31. The molecule has 1 aromatic heterocycles. The first-order chi connectivity index (χ1) is 12.1. The Labute approximate surface area is 155 Å². The molecule has 3 aromatic rings. The van der Waals surface area contributed by atoms with Crippen LogP contribution in [0.2, 0.25) is 10.0 Å². The number of hydrogen-bond donors (Lipinski definition) is 2. The molecule has 2 aromatic carbocycles. The lowest BCUT2D eigenvalue weighted by molar-refractivity contribution is 0.102. The number of amides is 1. The average molecular weight is 372 g/mol. The highest BCUT2D eigenvalue weighted by atomic mass is 35.5. The number of rotatable bonds is 4. The van der Waals surface area contributed by atoms with E-state index < -0.39 is 0 Å². The first kappa shape index (κ1) is 16.2. The Morgan fingerprint density at radius 3 is 2.48 bits per heavy atom. The molecule has 4 nitrogen and oxygen atoms in total. The van der Waals surface area contributed by atoms with Crippen LogP contribution in [0.1, 0.15) is 34.8 Å². The molecule has 0 bridgehead atoms. The van der Waals surface area contributed by atoms with Crippen molar-refractivity contribution in [1.29, 1.82) is 0 Å². The zero-order valence-corrected chi connectivity index (χ0v) is 14.7. The van der Waals surface area contributed by atoms with Gasteiger partial charge in [-0.3, -0.25) is 9.89 Å². The van der Waals surface area contributed by atoms with E-state index in [0.29, 0.717) is 27.2 Å². The van der Waals surface area contributed by atoms with Crippen LogP contribution < -0.4 is 5.32 Å². The van der Waals surface area contributed by atoms with Gasteiger partial charge in [0.25, 0.3) is 5.91 Å². The summed E-state index contributed by atoms with van der Waals surface area (Å²) in [6, 6.07) is 14.3. The van der Waals surface area contributed by atoms with Crippen LogP contribution in [0.4, 0.5) is 5.69 Å². The van der Waals surface area contributed by atoms with Gasteiger partial charge in [0.15, 0.2) is 0 Å². The summed E-state index contributed by atoms with van der Waals surface area (Å²) in [5.74, 6) is 0.198. The molecule has 0 saturated heterocycles. The van der Waals surface area contributed by atoms with Crippen LogP contribution in [0.5, 0.6) is 0 Å². The van der Waals surface area contributed by atoms with Crippen LogP contribution in [0.15, 0.2) is 48.5 Å². The maximum atomic E-state index is 12.7. The molecule has 1 amide bonds. The van der Waals surface area contributed by atoms with Gasteiger partial charge < -0.3 is 5.32 Å². The van der Waals surface area contributed by atoms with Gasteiger partial charge in [-0.25, -0.2) is 0 Å². The van der Waals surface area contributed by atoms with E-state index in [0.717, 1.165) is 29.8 Å². The Hall–Kier alpha value is -2.30. The van der Waals surface area contributed by atoms with E-state index in [-0.39, 0.29) is 5.91 Å². The van der Waals surface area contributed by atoms with Gasteiger partial charge in [-0.05, 0) is 43.2 Å². The van der Waals surface area contributed by atoms with Gasteiger partial charge in [0.05, 0.1) is 11.4 Å². The Balaban J connectivity index is 1.72. The van der Waals surface area contributed by atoms with Gasteiger partial charge >= 0.3 is 0 Å². The fourth-order valence-electron chi connectivity index (χ4n) is 2.81. The first-order valence-electron chi connectivity index (χ1n) is 8.03. The fraction of sp³-hybridized carbons (Fsp3) is 0.158. The average Bonchev–Trinajstić information content (AvgIpc) is 3.36. The lowest BCUT2D eigenvalue weighted by atomic mass is 10.1. The van der Waals surface area contributed by atoms with E-state index in [9.17, 15) is 4.79 Å². The quantitative estimate of drug-likeness (QED) is 0.634. The lowest BCUT2D eigenvalue weighted by Crippen LogP contribution is -2.13. The Morgan fingerprint density at radius 2 is 1.80 bits per heavy atom. The predicted octanol–water partition coefficient (Wildman–Crippen LogP) is 5.51.